The third-order valence-electron chi connectivity index (χ3n) is 1.80. The standard InChI is InChI=1S/C10H15N3O/c1-3-4-5-10(14)13-9-6-7-11-8(2)12-9/h6-7H,3-5H2,1-2H3,(H,11,12,13,14). The number of nitrogens with zero attached hydrogens (tertiary/aromatic N) is 2. The maximum Gasteiger partial charge on any atom is 0.225 e. The molecule has 1 N–H and O–H groups in total. The summed E-state index contributed by atoms with van der Waals surface area (Å²) in [6.07, 6.45) is 4.13. The Kier molecular flexibility index (Phi) is 4.04. The Bertz CT molecular complexity index is 312. The molecule has 0 atom stereocenters. The summed E-state index contributed by atoms with van der Waals surface area (Å²) in [5.41, 5.74) is 0. The minimum atomic E-state index is 0.0185. The van der Waals surface area contributed by atoms with Crippen LogP contribution in [0, 0.1) is 6.92 Å². The molecular formula is C10H15N3O. The molecule has 4 heteroatoms. The molecule has 0 fully saturated rings. The summed E-state index contributed by atoms with van der Waals surface area (Å²) in [5, 5.41) is 2.73. The zero-order valence-electron chi connectivity index (χ0n) is 8.58. The van der Waals surface area contributed by atoms with Crippen LogP contribution in [0.5, 0.6) is 0 Å². The smallest absolute Gasteiger partial charge is 0.225 e. The quantitative estimate of drug-likeness (QED) is 0.794. The number of carbonyl (C=O) groups excluding carboxylic acids is 1. The summed E-state index contributed by atoms with van der Waals surface area (Å²) in [4.78, 5) is 19.3. The number of unbranched alkanes of at least 4 members (excludes halogenated alkanes) is 1. The summed E-state index contributed by atoms with van der Waals surface area (Å²) in [6, 6.07) is 1.69. The van der Waals surface area contributed by atoms with Gasteiger partial charge in [0.05, 0.1) is 0 Å². The number of hydrogen-bond donors (Lipinski definition) is 1. The molecule has 1 amide bonds. The van der Waals surface area contributed by atoms with Gasteiger partial charge in [0.15, 0.2) is 0 Å². The van der Waals surface area contributed by atoms with E-state index in [1.165, 1.54) is 0 Å². The monoisotopic (exact) mass is 193 g/mol. The lowest BCUT2D eigenvalue weighted by molar-refractivity contribution is -0.116. The van der Waals surface area contributed by atoms with E-state index in [0.29, 0.717) is 18.1 Å². The Morgan fingerprint density at radius 2 is 2.36 bits per heavy atom. The number of aromatic nitrogens is 2. The van der Waals surface area contributed by atoms with Gasteiger partial charge in [0.25, 0.3) is 0 Å². The van der Waals surface area contributed by atoms with Gasteiger partial charge in [0.2, 0.25) is 5.91 Å². The first-order chi connectivity index (χ1) is 6.72. The van der Waals surface area contributed by atoms with Crippen LogP contribution >= 0.6 is 0 Å². The van der Waals surface area contributed by atoms with Crippen molar-refractivity contribution in [1.82, 2.24) is 9.97 Å². The summed E-state index contributed by atoms with van der Waals surface area (Å²) < 4.78 is 0. The Balaban J connectivity index is 2.47. The lowest BCUT2D eigenvalue weighted by Gasteiger charge is -2.03. The average Bonchev–Trinajstić information content (AvgIpc) is 2.15. The van der Waals surface area contributed by atoms with Gasteiger partial charge in [0.1, 0.15) is 11.6 Å². The summed E-state index contributed by atoms with van der Waals surface area (Å²) in [5.74, 6) is 1.27. The molecule has 0 saturated carbocycles. The molecule has 1 aromatic rings. The fourth-order valence-electron chi connectivity index (χ4n) is 1.07. The molecule has 0 aliphatic carbocycles. The first kappa shape index (κ1) is 10.6. The van der Waals surface area contributed by atoms with Gasteiger partial charge in [-0.05, 0) is 19.4 Å². The van der Waals surface area contributed by atoms with Gasteiger partial charge in [-0.1, -0.05) is 13.3 Å². The summed E-state index contributed by atoms with van der Waals surface area (Å²) in [7, 11) is 0. The maximum atomic E-state index is 11.3. The van der Waals surface area contributed by atoms with Crippen LogP contribution in [0.1, 0.15) is 32.0 Å². The number of nitrogens with one attached hydrogen (secondary N) is 1. The molecule has 76 valence electrons. The van der Waals surface area contributed by atoms with Crippen molar-refractivity contribution in [3.63, 3.8) is 0 Å². The molecule has 14 heavy (non-hydrogen) atoms. The fraction of sp³-hybridized carbons (Fsp3) is 0.500. The van der Waals surface area contributed by atoms with Crippen LogP contribution < -0.4 is 5.32 Å². The predicted octanol–water partition coefficient (Wildman–Crippen LogP) is 1.91. The number of rotatable bonds is 4. The second-order valence-corrected chi connectivity index (χ2v) is 3.14. The third kappa shape index (κ3) is 3.51. The van der Waals surface area contributed by atoms with Gasteiger partial charge in [-0.2, -0.15) is 0 Å². The molecule has 0 aromatic carbocycles. The van der Waals surface area contributed by atoms with Crippen molar-refractivity contribution in [3.05, 3.63) is 18.1 Å². The molecule has 0 saturated heterocycles. The first-order valence-corrected chi connectivity index (χ1v) is 4.82. The van der Waals surface area contributed by atoms with Crippen molar-refractivity contribution in [3.8, 4) is 0 Å². The number of aryl methyl sites for hydroxylation is 1. The van der Waals surface area contributed by atoms with Gasteiger partial charge >= 0.3 is 0 Å². The molecule has 1 heterocycles. The Hall–Kier alpha value is -1.45. The Labute approximate surface area is 83.8 Å². The number of hydrogen-bond acceptors (Lipinski definition) is 3. The SMILES string of the molecule is CCCCC(=O)Nc1ccnc(C)n1. The highest BCUT2D eigenvalue weighted by Crippen LogP contribution is 2.03. The number of amides is 1. The zero-order valence-corrected chi connectivity index (χ0v) is 8.58. The van der Waals surface area contributed by atoms with Crippen LogP contribution in [-0.4, -0.2) is 15.9 Å². The second kappa shape index (κ2) is 5.32. The van der Waals surface area contributed by atoms with E-state index in [4.69, 9.17) is 0 Å². The molecule has 0 spiro atoms. The topological polar surface area (TPSA) is 54.9 Å². The summed E-state index contributed by atoms with van der Waals surface area (Å²) >= 11 is 0. The lowest BCUT2D eigenvalue weighted by Crippen LogP contribution is -2.12. The largest absolute Gasteiger partial charge is 0.311 e. The van der Waals surface area contributed by atoms with Crippen LogP contribution in [0.4, 0.5) is 5.82 Å². The normalized spacial score (nSPS) is 9.86. The fourth-order valence-corrected chi connectivity index (χ4v) is 1.07. The molecule has 1 aromatic heterocycles. The Morgan fingerprint density at radius 1 is 1.57 bits per heavy atom. The van der Waals surface area contributed by atoms with Crippen molar-refractivity contribution in [2.75, 3.05) is 5.32 Å². The van der Waals surface area contributed by atoms with Gasteiger partial charge < -0.3 is 5.32 Å². The van der Waals surface area contributed by atoms with Gasteiger partial charge in [-0.3, -0.25) is 4.79 Å². The molecule has 0 unspecified atom stereocenters. The van der Waals surface area contributed by atoms with Crippen molar-refractivity contribution in [2.45, 2.75) is 33.1 Å². The predicted molar refractivity (Wildman–Crippen MR) is 54.9 cm³/mol. The number of carbonyl (C=O) groups is 1. The molecule has 0 aliphatic rings. The highest BCUT2D eigenvalue weighted by Gasteiger charge is 2.02. The molecule has 0 radical (unpaired) electrons. The Morgan fingerprint density at radius 3 is 3.00 bits per heavy atom. The third-order valence-corrected chi connectivity index (χ3v) is 1.80. The van der Waals surface area contributed by atoms with Crippen LogP contribution in [0.2, 0.25) is 0 Å². The van der Waals surface area contributed by atoms with E-state index in [1.54, 1.807) is 19.2 Å². The molecule has 4 nitrogen and oxygen atoms in total. The van der Waals surface area contributed by atoms with Crippen LogP contribution in [0.25, 0.3) is 0 Å². The van der Waals surface area contributed by atoms with Crippen molar-refractivity contribution in [1.29, 1.82) is 0 Å². The van der Waals surface area contributed by atoms with E-state index in [9.17, 15) is 4.79 Å². The first-order valence-electron chi connectivity index (χ1n) is 4.82. The van der Waals surface area contributed by atoms with E-state index in [-0.39, 0.29) is 5.91 Å². The van der Waals surface area contributed by atoms with Gasteiger partial charge in [-0.15, -0.1) is 0 Å². The van der Waals surface area contributed by atoms with Crippen LogP contribution in [0.3, 0.4) is 0 Å². The van der Waals surface area contributed by atoms with Crippen LogP contribution in [-0.2, 0) is 4.79 Å². The van der Waals surface area contributed by atoms with E-state index < -0.39 is 0 Å². The average molecular weight is 193 g/mol. The van der Waals surface area contributed by atoms with E-state index in [0.717, 1.165) is 12.8 Å². The number of anilines is 1. The lowest BCUT2D eigenvalue weighted by atomic mass is 10.2. The van der Waals surface area contributed by atoms with Gasteiger partial charge in [-0.25, -0.2) is 9.97 Å². The van der Waals surface area contributed by atoms with E-state index in [2.05, 4.69) is 22.2 Å². The van der Waals surface area contributed by atoms with Crippen LogP contribution in [0.15, 0.2) is 12.3 Å². The minimum absolute atomic E-state index is 0.0185. The highest BCUT2D eigenvalue weighted by molar-refractivity contribution is 5.89. The molecule has 1 rings (SSSR count). The minimum Gasteiger partial charge on any atom is -0.311 e. The van der Waals surface area contributed by atoms with E-state index >= 15 is 0 Å². The molecule has 0 bridgehead atoms. The zero-order chi connectivity index (χ0) is 10.4. The maximum absolute atomic E-state index is 11.3. The van der Waals surface area contributed by atoms with Crippen molar-refractivity contribution < 1.29 is 4.79 Å². The highest BCUT2D eigenvalue weighted by atomic mass is 16.1. The van der Waals surface area contributed by atoms with Crippen molar-refractivity contribution >= 4 is 11.7 Å². The molecular weight excluding hydrogens is 178 g/mol. The summed E-state index contributed by atoms with van der Waals surface area (Å²) in [6.45, 7) is 3.85. The van der Waals surface area contributed by atoms with Gasteiger partial charge in [0, 0.05) is 12.6 Å². The second-order valence-electron chi connectivity index (χ2n) is 3.14. The van der Waals surface area contributed by atoms with Crippen molar-refractivity contribution in [2.24, 2.45) is 0 Å². The van der Waals surface area contributed by atoms with E-state index in [1.807, 2.05) is 0 Å². The molecule has 0 aliphatic heterocycles.